The number of ether oxygens (including phenoxy) is 1. The van der Waals surface area contributed by atoms with Gasteiger partial charge >= 0.3 is 5.69 Å². The summed E-state index contributed by atoms with van der Waals surface area (Å²) in [6.45, 7) is 5.62. The maximum Gasteiger partial charge on any atom is 0.351 e. The van der Waals surface area contributed by atoms with Gasteiger partial charge in [0.25, 0.3) is 0 Å². The standard InChI is InChI=1S/C18H30N4O5/c1-3-5-8-21(9-6-4-2)12-19-14-7-10-22(18(26)20-14)17-16(25)15(24)13(11-23)27-17/h7,10,12-13,15-17,23-25H,3-6,8-9,11H2,1-2H3/t13-,15-,16-,17-/m0/s1. The van der Waals surface area contributed by atoms with Gasteiger partial charge in [-0.25, -0.2) is 9.79 Å². The van der Waals surface area contributed by atoms with Gasteiger partial charge in [-0.3, -0.25) is 4.57 Å². The van der Waals surface area contributed by atoms with Crippen molar-refractivity contribution in [2.24, 2.45) is 4.99 Å². The molecule has 0 aromatic carbocycles. The van der Waals surface area contributed by atoms with E-state index in [2.05, 4.69) is 28.7 Å². The SMILES string of the molecule is CCCCN(C=Nc1ccn([C@H]2O[C@@H](CO)[C@H](O)[C@@H]2O)c(=O)n1)CCCC. The first-order valence-electron chi connectivity index (χ1n) is 9.51. The Hall–Kier alpha value is -1.81. The predicted molar refractivity (Wildman–Crippen MR) is 101 cm³/mol. The lowest BCUT2D eigenvalue weighted by molar-refractivity contribution is -0.0549. The molecule has 2 heterocycles. The highest BCUT2D eigenvalue weighted by molar-refractivity contribution is 5.59. The van der Waals surface area contributed by atoms with Gasteiger partial charge in [-0.1, -0.05) is 26.7 Å². The van der Waals surface area contributed by atoms with Crippen LogP contribution in [-0.4, -0.2) is 74.1 Å². The highest BCUT2D eigenvalue weighted by Gasteiger charge is 2.43. The van der Waals surface area contributed by atoms with Crippen molar-refractivity contribution in [1.29, 1.82) is 0 Å². The van der Waals surface area contributed by atoms with E-state index < -0.39 is 36.8 Å². The first-order valence-corrected chi connectivity index (χ1v) is 9.51. The molecule has 1 aliphatic heterocycles. The average molecular weight is 382 g/mol. The molecular formula is C18H30N4O5. The van der Waals surface area contributed by atoms with Crippen LogP contribution in [0.15, 0.2) is 22.1 Å². The zero-order valence-electron chi connectivity index (χ0n) is 15.9. The highest BCUT2D eigenvalue weighted by atomic mass is 16.6. The summed E-state index contributed by atoms with van der Waals surface area (Å²) in [6.07, 6.45) is 2.82. The topological polar surface area (TPSA) is 120 Å². The summed E-state index contributed by atoms with van der Waals surface area (Å²) in [7, 11) is 0. The Morgan fingerprint density at radius 2 is 1.93 bits per heavy atom. The van der Waals surface area contributed by atoms with E-state index in [1.165, 1.54) is 6.20 Å². The first kappa shape index (κ1) is 21.5. The van der Waals surface area contributed by atoms with E-state index in [0.29, 0.717) is 0 Å². The van der Waals surface area contributed by atoms with Crippen LogP contribution in [0.25, 0.3) is 0 Å². The van der Waals surface area contributed by atoms with Crippen molar-refractivity contribution in [2.45, 2.75) is 64.1 Å². The molecule has 0 aliphatic carbocycles. The van der Waals surface area contributed by atoms with Gasteiger partial charge in [0.05, 0.1) is 12.9 Å². The van der Waals surface area contributed by atoms with Crippen LogP contribution in [0.4, 0.5) is 5.82 Å². The molecule has 3 N–H and O–H groups in total. The van der Waals surface area contributed by atoms with E-state index in [0.717, 1.165) is 43.3 Å². The molecule has 9 heteroatoms. The molecule has 4 atom stereocenters. The minimum atomic E-state index is -1.32. The number of aromatic nitrogens is 2. The van der Waals surface area contributed by atoms with Crippen LogP contribution in [0.5, 0.6) is 0 Å². The van der Waals surface area contributed by atoms with E-state index in [9.17, 15) is 15.0 Å². The quantitative estimate of drug-likeness (QED) is 0.396. The molecule has 1 aromatic rings. The van der Waals surface area contributed by atoms with Gasteiger partial charge in [-0.2, -0.15) is 4.98 Å². The maximum absolute atomic E-state index is 12.3. The van der Waals surface area contributed by atoms with Gasteiger partial charge < -0.3 is 25.0 Å². The summed E-state index contributed by atoms with van der Waals surface area (Å²) in [6, 6.07) is 1.55. The third-order valence-corrected chi connectivity index (χ3v) is 4.56. The van der Waals surface area contributed by atoms with Gasteiger partial charge in [0.1, 0.15) is 18.3 Å². The normalized spacial score (nSPS) is 25.4. The van der Waals surface area contributed by atoms with Gasteiger partial charge in [0.15, 0.2) is 12.0 Å². The third-order valence-electron chi connectivity index (χ3n) is 4.56. The molecule has 2 rings (SSSR count). The number of hydrogen-bond acceptors (Lipinski definition) is 7. The Labute approximate surface area is 158 Å². The maximum atomic E-state index is 12.3. The van der Waals surface area contributed by atoms with Crippen LogP contribution in [-0.2, 0) is 4.74 Å². The van der Waals surface area contributed by atoms with E-state index >= 15 is 0 Å². The van der Waals surface area contributed by atoms with Gasteiger partial charge in [0, 0.05) is 19.3 Å². The van der Waals surface area contributed by atoms with Crippen molar-refractivity contribution in [2.75, 3.05) is 19.7 Å². The summed E-state index contributed by atoms with van der Waals surface area (Å²) in [4.78, 5) is 22.6. The monoisotopic (exact) mass is 382 g/mol. The number of nitrogens with zero attached hydrogens (tertiary/aromatic N) is 4. The van der Waals surface area contributed by atoms with E-state index in [4.69, 9.17) is 9.84 Å². The van der Waals surface area contributed by atoms with Crippen molar-refractivity contribution in [1.82, 2.24) is 14.5 Å². The van der Waals surface area contributed by atoms with Crippen molar-refractivity contribution in [3.05, 3.63) is 22.7 Å². The molecule has 1 saturated heterocycles. The van der Waals surface area contributed by atoms with E-state index in [1.807, 2.05) is 0 Å². The van der Waals surface area contributed by atoms with E-state index in [1.54, 1.807) is 12.4 Å². The molecule has 27 heavy (non-hydrogen) atoms. The van der Waals surface area contributed by atoms with Crippen LogP contribution >= 0.6 is 0 Å². The van der Waals surface area contributed by atoms with Crippen molar-refractivity contribution < 1.29 is 20.1 Å². The third kappa shape index (κ3) is 5.58. The molecule has 0 spiro atoms. The fourth-order valence-electron chi connectivity index (χ4n) is 2.87. The zero-order valence-corrected chi connectivity index (χ0v) is 15.9. The fourth-order valence-corrected chi connectivity index (χ4v) is 2.87. The number of aliphatic hydroxyl groups is 3. The van der Waals surface area contributed by atoms with E-state index in [-0.39, 0.29) is 5.82 Å². The van der Waals surface area contributed by atoms with Crippen LogP contribution < -0.4 is 5.69 Å². The molecule has 0 amide bonds. The lowest BCUT2D eigenvalue weighted by Crippen LogP contribution is -2.35. The molecule has 0 unspecified atom stereocenters. The summed E-state index contributed by atoms with van der Waals surface area (Å²) >= 11 is 0. The molecule has 0 radical (unpaired) electrons. The van der Waals surface area contributed by atoms with Gasteiger partial charge in [-0.05, 0) is 18.9 Å². The lowest BCUT2D eigenvalue weighted by atomic mass is 10.1. The van der Waals surface area contributed by atoms with Crippen LogP contribution in [0.3, 0.4) is 0 Å². The number of rotatable bonds is 10. The van der Waals surface area contributed by atoms with Gasteiger partial charge in [0.2, 0.25) is 0 Å². The molecule has 1 fully saturated rings. The highest BCUT2D eigenvalue weighted by Crippen LogP contribution is 2.28. The number of aliphatic hydroxyl groups excluding tert-OH is 3. The lowest BCUT2D eigenvalue weighted by Gasteiger charge is -2.19. The Morgan fingerprint density at radius 3 is 2.44 bits per heavy atom. The van der Waals surface area contributed by atoms with Crippen molar-refractivity contribution in [3.8, 4) is 0 Å². The molecule has 9 nitrogen and oxygen atoms in total. The summed E-state index contributed by atoms with van der Waals surface area (Å²) in [5, 5.41) is 29.0. The zero-order chi connectivity index (χ0) is 19.8. The number of hydrogen-bond donors (Lipinski definition) is 3. The molecule has 152 valence electrons. The largest absolute Gasteiger partial charge is 0.394 e. The molecule has 0 saturated carbocycles. The van der Waals surface area contributed by atoms with Crippen LogP contribution in [0.1, 0.15) is 45.8 Å². The molecule has 1 aromatic heterocycles. The van der Waals surface area contributed by atoms with Crippen molar-refractivity contribution in [3.63, 3.8) is 0 Å². The Kier molecular flexibility index (Phi) is 8.36. The predicted octanol–water partition coefficient (Wildman–Crippen LogP) is 0.417. The Balaban J connectivity index is 2.10. The second-order valence-corrected chi connectivity index (χ2v) is 6.69. The summed E-state index contributed by atoms with van der Waals surface area (Å²) in [5.74, 6) is 0.265. The second-order valence-electron chi connectivity index (χ2n) is 6.69. The number of unbranched alkanes of at least 4 members (excludes halogenated alkanes) is 2. The van der Waals surface area contributed by atoms with Crippen molar-refractivity contribution >= 4 is 12.2 Å². The summed E-state index contributed by atoms with van der Waals surface area (Å²) < 4.78 is 6.45. The molecule has 0 bridgehead atoms. The average Bonchev–Trinajstić information content (AvgIpc) is 2.95. The van der Waals surface area contributed by atoms with Gasteiger partial charge in [-0.15, -0.1) is 0 Å². The minimum absolute atomic E-state index is 0.265. The molecular weight excluding hydrogens is 352 g/mol. The number of aliphatic imine (C=N–C) groups is 1. The fraction of sp³-hybridized carbons (Fsp3) is 0.722. The van der Waals surface area contributed by atoms with Crippen LogP contribution in [0.2, 0.25) is 0 Å². The Morgan fingerprint density at radius 1 is 1.26 bits per heavy atom. The minimum Gasteiger partial charge on any atom is -0.394 e. The second kappa shape index (κ2) is 10.5. The first-order chi connectivity index (χ1) is 13.0. The smallest absolute Gasteiger partial charge is 0.351 e. The summed E-state index contributed by atoms with van der Waals surface area (Å²) in [5.41, 5.74) is -0.645. The Bertz CT molecular complexity index is 657. The molecule has 1 aliphatic rings. The van der Waals surface area contributed by atoms with Crippen LogP contribution in [0, 0.1) is 0 Å².